The molecule has 0 unspecified atom stereocenters. The summed E-state index contributed by atoms with van der Waals surface area (Å²) in [6, 6.07) is 17.5. The Kier molecular flexibility index (Phi) is 5.81. The molecule has 4 rings (SSSR count). The molecule has 0 spiro atoms. The van der Waals surface area contributed by atoms with Crippen LogP contribution in [0.5, 0.6) is 0 Å². The van der Waals surface area contributed by atoms with E-state index >= 15 is 0 Å². The van der Waals surface area contributed by atoms with Crippen molar-refractivity contribution < 1.29 is 9.21 Å². The van der Waals surface area contributed by atoms with Gasteiger partial charge in [-0.15, -0.1) is 0 Å². The second-order valence-electron chi connectivity index (χ2n) is 6.49. The number of amidine groups is 1. The normalized spacial score (nSPS) is 17.0. The smallest absolute Gasteiger partial charge is 0.271 e. The number of rotatable bonds is 3. The summed E-state index contributed by atoms with van der Waals surface area (Å²) < 4.78 is 7.01. The lowest BCUT2D eigenvalue weighted by Crippen LogP contribution is -2.29. The van der Waals surface area contributed by atoms with Gasteiger partial charge in [0.2, 0.25) is 0 Å². The SMILES string of the molecule is Cc1ccccc1N=C1S/C(=C/c2cc(Br)c(Br)o2)C(=O)N1c1ccccc1C. The van der Waals surface area contributed by atoms with Crippen LogP contribution in [0.15, 0.2) is 78.1 Å². The van der Waals surface area contributed by atoms with Gasteiger partial charge in [-0.25, -0.2) is 4.99 Å². The number of anilines is 1. The van der Waals surface area contributed by atoms with E-state index in [1.165, 1.54) is 11.8 Å². The molecule has 2 aromatic carbocycles. The van der Waals surface area contributed by atoms with E-state index in [1.54, 1.807) is 11.0 Å². The number of aliphatic imine (C=N–C) groups is 1. The molecule has 7 heteroatoms. The standard InChI is InChI=1S/C22H16Br2N2O2S/c1-13-7-3-5-9-17(13)25-22-26(18-10-6-4-8-14(18)2)21(27)19(29-22)12-15-11-16(23)20(24)28-15/h3-12H,1-2H3/b19-12+,25-22?. The monoisotopic (exact) mass is 530 g/mol. The number of furan rings is 1. The number of carbonyl (C=O) groups excluding carboxylic acids is 1. The van der Waals surface area contributed by atoms with Crippen LogP contribution in [0.2, 0.25) is 0 Å². The first kappa shape index (κ1) is 20.2. The Morgan fingerprint density at radius 3 is 2.38 bits per heavy atom. The van der Waals surface area contributed by atoms with Crippen molar-refractivity contribution in [3.05, 3.63) is 85.5 Å². The molecule has 29 heavy (non-hydrogen) atoms. The molecule has 3 aromatic rings. The fraction of sp³-hybridized carbons (Fsp3) is 0.0909. The van der Waals surface area contributed by atoms with Crippen LogP contribution in [0.4, 0.5) is 11.4 Å². The number of aryl methyl sites for hydroxylation is 2. The van der Waals surface area contributed by atoms with Crippen LogP contribution in [0, 0.1) is 13.8 Å². The number of thioether (sulfide) groups is 1. The van der Waals surface area contributed by atoms with Crippen molar-refractivity contribution >= 4 is 72.1 Å². The van der Waals surface area contributed by atoms with Crippen LogP contribution in [-0.4, -0.2) is 11.1 Å². The number of hydrogen-bond acceptors (Lipinski definition) is 4. The molecule has 0 radical (unpaired) electrons. The van der Waals surface area contributed by atoms with E-state index in [2.05, 4.69) is 31.9 Å². The number of carbonyl (C=O) groups is 1. The molecule has 0 saturated carbocycles. The van der Waals surface area contributed by atoms with Crippen molar-refractivity contribution in [3.8, 4) is 0 Å². The van der Waals surface area contributed by atoms with Crippen LogP contribution >= 0.6 is 43.6 Å². The predicted octanol–water partition coefficient (Wildman–Crippen LogP) is 7.23. The van der Waals surface area contributed by atoms with Gasteiger partial charge in [0, 0.05) is 6.08 Å². The molecule has 1 amide bonds. The number of halogens is 2. The topological polar surface area (TPSA) is 45.8 Å². The second-order valence-corrected chi connectivity index (χ2v) is 9.07. The summed E-state index contributed by atoms with van der Waals surface area (Å²) in [6.07, 6.45) is 1.74. The number of benzene rings is 2. The van der Waals surface area contributed by atoms with Crippen molar-refractivity contribution in [1.29, 1.82) is 0 Å². The lowest BCUT2D eigenvalue weighted by atomic mass is 10.2. The van der Waals surface area contributed by atoms with E-state index in [9.17, 15) is 4.79 Å². The van der Waals surface area contributed by atoms with Crippen molar-refractivity contribution in [2.24, 2.45) is 4.99 Å². The summed E-state index contributed by atoms with van der Waals surface area (Å²) in [5.41, 5.74) is 3.71. The maximum atomic E-state index is 13.3. The van der Waals surface area contributed by atoms with Crippen LogP contribution in [0.25, 0.3) is 6.08 Å². The first-order valence-electron chi connectivity index (χ1n) is 8.83. The third kappa shape index (κ3) is 4.13. The minimum absolute atomic E-state index is 0.125. The van der Waals surface area contributed by atoms with Gasteiger partial charge in [-0.2, -0.15) is 0 Å². The Morgan fingerprint density at radius 2 is 1.72 bits per heavy atom. The molecule has 0 bridgehead atoms. The molecular weight excluding hydrogens is 516 g/mol. The molecular formula is C22H16Br2N2O2S. The Balaban J connectivity index is 1.82. The number of amides is 1. The van der Waals surface area contributed by atoms with Gasteiger partial charge >= 0.3 is 0 Å². The van der Waals surface area contributed by atoms with Gasteiger partial charge in [-0.1, -0.05) is 36.4 Å². The third-order valence-electron chi connectivity index (χ3n) is 4.43. The van der Waals surface area contributed by atoms with E-state index in [1.807, 2.05) is 68.4 Å². The van der Waals surface area contributed by atoms with Crippen LogP contribution in [0.3, 0.4) is 0 Å². The summed E-state index contributed by atoms with van der Waals surface area (Å²) in [4.78, 5) is 20.4. The molecule has 1 aromatic heterocycles. The van der Waals surface area contributed by atoms with Crippen molar-refractivity contribution in [2.45, 2.75) is 13.8 Å². The van der Waals surface area contributed by atoms with Crippen LogP contribution in [0.1, 0.15) is 16.9 Å². The Hall–Kier alpha value is -2.09. The molecule has 0 atom stereocenters. The maximum Gasteiger partial charge on any atom is 0.271 e. The first-order valence-corrected chi connectivity index (χ1v) is 11.2. The number of nitrogens with zero attached hydrogens (tertiary/aromatic N) is 2. The van der Waals surface area contributed by atoms with Crippen molar-refractivity contribution in [1.82, 2.24) is 0 Å². The summed E-state index contributed by atoms with van der Waals surface area (Å²) in [7, 11) is 0. The molecule has 1 aliphatic rings. The average Bonchev–Trinajstić information content (AvgIpc) is 3.16. The van der Waals surface area contributed by atoms with E-state index in [0.717, 1.165) is 27.0 Å². The van der Waals surface area contributed by atoms with E-state index in [4.69, 9.17) is 9.41 Å². The Morgan fingerprint density at radius 1 is 1.03 bits per heavy atom. The number of hydrogen-bond donors (Lipinski definition) is 0. The second kappa shape index (κ2) is 8.34. The predicted molar refractivity (Wildman–Crippen MR) is 127 cm³/mol. The minimum Gasteiger partial charge on any atom is -0.449 e. The molecule has 146 valence electrons. The highest BCUT2D eigenvalue weighted by Gasteiger charge is 2.35. The van der Waals surface area contributed by atoms with E-state index in [-0.39, 0.29) is 5.91 Å². The fourth-order valence-corrected chi connectivity index (χ4v) is 4.51. The van der Waals surface area contributed by atoms with Crippen LogP contribution in [-0.2, 0) is 4.79 Å². The largest absolute Gasteiger partial charge is 0.449 e. The summed E-state index contributed by atoms with van der Waals surface area (Å²) >= 11 is 8.08. The summed E-state index contributed by atoms with van der Waals surface area (Å²) in [5.74, 6) is 0.460. The highest BCUT2D eigenvalue weighted by molar-refractivity contribution is 9.13. The van der Waals surface area contributed by atoms with Gasteiger partial charge in [-0.3, -0.25) is 9.69 Å². The Bertz CT molecular complexity index is 1150. The molecule has 0 N–H and O–H groups in total. The minimum atomic E-state index is -0.125. The fourth-order valence-electron chi connectivity index (χ4n) is 2.93. The third-order valence-corrected chi connectivity index (χ3v) is 7.11. The summed E-state index contributed by atoms with van der Waals surface area (Å²) in [6.45, 7) is 3.99. The first-order chi connectivity index (χ1) is 13.9. The summed E-state index contributed by atoms with van der Waals surface area (Å²) in [5, 5.41) is 0.620. The zero-order chi connectivity index (χ0) is 20.5. The van der Waals surface area contributed by atoms with Gasteiger partial charge in [0.1, 0.15) is 5.76 Å². The zero-order valence-corrected chi connectivity index (χ0v) is 19.6. The quantitative estimate of drug-likeness (QED) is 0.335. The van der Waals surface area contributed by atoms with Gasteiger partial charge in [0.15, 0.2) is 9.84 Å². The van der Waals surface area contributed by atoms with E-state index < -0.39 is 0 Å². The van der Waals surface area contributed by atoms with E-state index in [0.29, 0.717) is 20.5 Å². The molecule has 1 saturated heterocycles. The van der Waals surface area contributed by atoms with Crippen molar-refractivity contribution in [2.75, 3.05) is 4.90 Å². The van der Waals surface area contributed by atoms with Crippen LogP contribution < -0.4 is 4.90 Å². The van der Waals surface area contributed by atoms with Gasteiger partial charge in [-0.05, 0) is 86.8 Å². The lowest BCUT2D eigenvalue weighted by Gasteiger charge is -2.18. The molecule has 2 heterocycles. The van der Waals surface area contributed by atoms with Crippen molar-refractivity contribution in [3.63, 3.8) is 0 Å². The zero-order valence-electron chi connectivity index (χ0n) is 15.6. The number of para-hydroxylation sites is 2. The average molecular weight is 532 g/mol. The molecule has 4 nitrogen and oxygen atoms in total. The highest BCUT2D eigenvalue weighted by Crippen LogP contribution is 2.39. The van der Waals surface area contributed by atoms with Gasteiger partial charge in [0.05, 0.1) is 20.8 Å². The molecule has 1 aliphatic heterocycles. The van der Waals surface area contributed by atoms with Gasteiger partial charge < -0.3 is 4.42 Å². The highest BCUT2D eigenvalue weighted by atomic mass is 79.9. The molecule has 1 fully saturated rings. The van der Waals surface area contributed by atoms with Gasteiger partial charge in [0.25, 0.3) is 5.91 Å². The Labute approximate surface area is 190 Å². The molecule has 0 aliphatic carbocycles. The lowest BCUT2D eigenvalue weighted by molar-refractivity contribution is -0.113. The maximum absolute atomic E-state index is 13.3.